The number of nitrogens with one attached hydrogen (secondary N) is 1. The fourth-order valence-corrected chi connectivity index (χ4v) is 3.41. The first-order valence-electron chi connectivity index (χ1n) is 10.1. The normalized spacial score (nSPS) is 12.1. The Balaban J connectivity index is 1.55. The van der Waals surface area contributed by atoms with Gasteiger partial charge >= 0.3 is 0 Å². The number of nitrogens with zero attached hydrogens (tertiary/aromatic N) is 1. The van der Waals surface area contributed by atoms with Gasteiger partial charge in [-0.3, -0.25) is 4.79 Å². The summed E-state index contributed by atoms with van der Waals surface area (Å²) in [5, 5.41) is 16.9. The molecule has 6 heteroatoms. The number of fused-ring (bicyclic) bond motifs is 1. The molecule has 0 unspecified atom stereocenters. The van der Waals surface area contributed by atoms with Crippen molar-refractivity contribution in [3.8, 4) is 5.75 Å². The zero-order valence-corrected chi connectivity index (χ0v) is 17.9. The molecule has 0 aromatic heterocycles. The highest BCUT2D eigenvalue weighted by molar-refractivity contribution is 6.30. The second kappa shape index (κ2) is 10.1. The average Bonchev–Trinajstić information content (AvgIpc) is 2.84. The highest BCUT2D eigenvalue weighted by atomic mass is 35.5. The first-order chi connectivity index (χ1) is 15.6. The molecule has 0 aliphatic heterocycles. The minimum absolute atomic E-state index is 0.357. The van der Waals surface area contributed by atoms with E-state index in [4.69, 9.17) is 16.3 Å². The van der Waals surface area contributed by atoms with Crippen molar-refractivity contribution in [1.29, 1.82) is 0 Å². The molecular weight excluding hydrogens is 424 g/mol. The molecule has 160 valence electrons. The molecular formula is C26H21ClN2O3. The number of hydrogen-bond acceptors (Lipinski definition) is 4. The minimum Gasteiger partial charge on any atom is -0.488 e. The Morgan fingerprint density at radius 1 is 0.969 bits per heavy atom. The van der Waals surface area contributed by atoms with E-state index in [1.165, 1.54) is 6.21 Å². The SMILES string of the molecule is O=C(N/N=C\c1c(OCc2ccc(Cl)cc2)ccc2ccccc12)[C@H](O)c1ccccc1. The van der Waals surface area contributed by atoms with Crippen LogP contribution in [0.15, 0.2) is 96.1 Å². The van der Waals surface area contributed by atoms with Gasteiger partial charge in [-0.1, -0.05) is 84.4 Å². The lowest BCUT2D eigenvalue weighted by atomic mass is 10.0. The molecule has 2 N–H and O–H groups in total. The van der Waals surface area contributed by atoms with Crippen molar-refractivity contribution in [1.82, 2.24) is 5.43 Å². The summed E-state index contributed by atoms with van der Waals surface area (Å²) in [6, 6.07) is 27.8. The topological polar surface area (TPSA) is 70.9 Å². The molecule has 5 nitrogen and oxygen atoms in total. The van der Waals surface area contributed by atoms with Gasteiger partial charge in [0.1, 0.15) is 12.4 Å². The van der Waals surface area contributed by atoms with Crippen molar-refractivity contribution in [3.63, 3.8) is 0 Å². The summed E-state index contributed by atoms with van der Waals surface area (Å²) >= 11 is 5.95. The first-order valence-corrected chi connectivity index (χ1v) is 10.4. The van der Waals surface area contributed by atoms with Crippen LogP contribution in [0.5, 0.6) is 5.75 Å². The Morgan fingerprint density at radius 3 is 2.47 bits per heavy atom. The van der Waals surface area contributed by atoms with Gasteiger partial charge in [0.25, 0.3) is 5.91 Å². The van der Waals surface area contributed by atoms with Gasteiger partial charge in [-0.2, -0.15) is 5.10 Å². The predicted octanol–water partition coefficient (Wildman–Crippen LogP) is 5.26. The maximum absolute atomic E-state index is 12.3. The molecule has 0 aliphatic rings. The molecule has 0 saturated carbocycles. The van der Waals surface area contributed by atoms with Crippen molar-refractivity contribution >= 4 is 34.5 Å². The fourth-order valence-electron chi connectivity index (χ4n) is 3.28. The Kier molecular flexibility index (Phi) is 6.80. The molecule has 1 amide bonds. The summed E-state index contributed by atoms with van der Waals surface area (Å²) in [5.74, 6) is 0.0107. The van der Waals surface area contributed by atoms with E-state index in [1.807, 2.05) is 66.7 Å². The van der Waals surface area contributed by atoms with Crippen LogP contribution in [0.25, 0.3) is 10.8 Å². The summed E-state index contributed by atoms with van der Waals surface area (Å²) in [4.78, 5) is 12.3. The molecule has 0 heterocycles. The Hall–Kier alpha value is -3.67. The highest BCUT2D eigenvalue weighted by Gasteiger charge is 2.16. The second-order valence-corrected chi connectivity index (χ2v) is 7.60. The number of rotatable bonds is 7. The molecule has 4 aromatic carbocycles. The third-order valence-corrected chi connectivity index (χ3v) is 5.22. The van der Waals surface area contributed by atoms with E-state index in [9.17, 15) is 9.90 Å². The van der Waals surface area contributed by atoms with Crippen LogP contribution in [-0.4, -0.2) is 17.2 Å². The number of carbonyl (C=O) groups is 1. The zero-order valence-electron chi connectivity index (χ0n) is 17.1. The monoisotopic (exact) mass is 444 g/mol. The molecule has 32 heavy (non-hydrogen) atoms. The quantitative estimate of drug-likeness (QED) is 0.302. The van der Waals surface area contributed by atoms with Crippen LogP contribution < -0.4 is 10.2 Å². The number of aliphatic hydroxyl groups excluding tert-OH is 1. The van der Waals surface area contributed by atoms with Crippen LogP contribution in [-0.2, 0) is 11.4 Å². The molecule has 0 bridgehead atoms. The Bertz CT molecular complexity index is 1240. The first kappa shape index (κ1) is 21.6. The highest BCUT2D eigenvalue weighted by Crippen LogP contribution is 2.27. The molecule has 1 atom stereocenters. The van der Waals surface area contributed by atoms with Gasteiger partial charge in [0.05, 0.1) is 6.21 Å². The second-order valence-electron chi connectivity index (χ2n) is 7.16. The third-order valence-electron chi connectivity index (χ3n) is 4.97. The van der Waals surface area contributed by atoms with Gasteiger partial charge in [-0.05, 0) is 40.1 Å². The van der Waals surface area contributed by atoms with Gasteiger partial charge < -0.3 is 9.84 Å². The van der Waals surface area contributed by atoms with Crippen LogP contribution in [0.4, 0.5) is 0 Å². The van der Waals surface area contributed by atoms with E-state index in [0.717, 1.165) is 21.9 Å². The van der Waals surface area contributed by atoms with Crippen molar-refractivity contribution in [2.75, 3.05) is 0 Å². The smallest absolute Gasteiger partial charge is 0.273 e. The summed E-state index contributed by atoms with van der Waals surface area (Å²) in [5.41, 5.74) is 4.61. The van der Waals surface area contributed by atoms with E-state index < -0.39 is 12.0 Å². The number of hydrogen-bond donors (Lipinski definition) is 2. The van der Waals surface area contributed by atoms with E-state index in [1.54, 1.807) is 24.3 Å². The predicted molar refractivity (Wildman–Crippen MR) is 127 cm³/mol. The largest absolute Gasteiger partial charge is 0.488 e. The number of halogens is 1. The zero-order chi connectivity index (χ0) is 22.3. The van der Waals surface area contributed by atoms with Crippen LogP contribution in [0.2, 0.25) is 5.02 Å². The third kappa shape index (κ3) is 5.14. The summed E-state index contributed by atoms with van der Waals surface area (Å²) in [6.45, 7) is 0.357. The fraction of sp³-hybridized carbons (Fsp3) is 0.0769. The van der Waals surface area contributed by atoms with Crippen LogP contribution in [0.3, 0.4) is 0 Å². The number of amides is 1. The average molecular weight is 445 g/mol. The van der Waals surface area contributed by atoms with Gasteiger partial charge in [-0.15, -0.1) is 0 Å². The van der Waals surface area contributed by atoms with Crippen molar-refractivity contribution < 1.29 is 14.6 Å². The van der Waals surface area contributed by atoms with Gasteiger partial charge in [0.2, 0.25) is 0 Å². The molecule has 4 rings (SSSR count). The summed E-state index contributed by atoms with van der Waals surface area (Å²) in [6.07, 6.45) is 0.233. The number of hydrazone groups is 1. The molecule has 0 saturated heterocycles. The summed E-state index contributed by atoms with van der Waals surface area (Å²) < 4.78 is 6.05. The van der Waals surface area contributed by atoms with Gasteiger partial charge in [0, 0.05) is 10.6 Å². The standard InChI is InChI=1S/C26H21ClN2O3/c27-21-13-10-18(11-14-21)17-32-24-15-12-19-6-4-5-9-22(19)23(24)16-28-29-26(31)25(30)20-7-2-1-3-8-20/h1-16,25,30H,17H2,(H,29,31)/b28-16-/t25-/m1/s1. The van der Waals surface area contributed by atoms with Crippen molar-refractivity contribution in [2.24, 2.45) is 5.10 Å². The van der Waals surface area contributed by atoms with E-state index in [-0.39, 0.29) is 0 Å². The Morgan fingerprint density at radius 2 is 1.69 bits per heavy atom. The van der Waals surface area contributed by atoms with E-state index in [0.29, 0.717) is 22.9 Å². The lowest BCUT2D eigenvalue weighted by molar-refractivity contribution is -0.129. The molecule has 4 aromatic rings. The van der Waals surface area contributed by atoms with E-state index >= 15 is 0 Å². The van der Waals surface area contributed by atoms with E-state index in [2.05, 4.69) is 10.5 Å². The number of ether oxygens (including phenoxy) is 1. The van der Waals surface area contributed by atoms with Gasteiger partial charge in [0.15, 0.2) is 6.10 Å². The van der Waals surface area contributed by atoms with Crippen LogP contribution in [0.1, 0.15) is 22.8 Å². The molecule has 0 radical (unpaired) electrons. The van der Waals surface area contributed by atoms with Crippen LogP contribution >= 0.6 is 11.6 Å². The number of aliphatic hydroxyl groups is 1. The lowest BCUT2D eigenvalue weighted by Crippen LogP contribution is -2.25. The summed E-state index contributed by atoms with van der Waals surface area (Å²) in [7, 11) is 0. The van der Waals surface area contributed by atoms with Crippen molar-refractivity contribution in [3.05, 3.63) is 113 Å². The lowest BCUT2D eigenvalue weighted by Gasteiger charge is -2.12. The van der Waals surface area contributed by atoms with Crippen molar-refractivity contribution in [2.45, 2.75) is 12.7 Å². The number of carbonyl (C=O) groups excluding carboxylic acids is 1. The maximum atomic E-state index is 12.3. The molecule has 0 spiro atoms. The Labute approximate surface area is 190 Å². The van der Waals surface area contributed by atoms with Gasteiger partial charge in [-0.25, -0.2) is 5.43 Å². The minimum atomic E-state index is -1.30. The molecule has 0 fully saturated rings. The maximum Gasteiger partial charge on any atom is 0.273 e. The number of benzene rings is 4. The molecule has 0 aliphatic carbocycles. The van der Waals surface area contributed by atoms with Crippen LogP contribution in [0, 0.1) is 0 Å².